The van der Waals surface area contributed by atoms with Gasteiger partial charge in [0.25, 0.3) is 5.91 Å². The van der Waals surface area contributed by atoms with Gasteiger partial charge in [0.15, 0.2) is 0 Å². The van der Waals surface area contributed by atoms with Crippen molar-refractivity contribution in [1.82, 2.24) is 4.90 Å². The number of hydrogen-bond donors (Lipinski definition) is 1. The van der Waals surface area contributed by atoms with Crippen LogP contribution in [0.15, 0.2) is 24.3 Å². The van der Waals surface area contributed by atoms with E-state index in [-0.39, 0.29) is 12.0 Å². The Morgan fingerprint density at radius 2 is 1.92 bits per heavy atom. The number of benzene rings is 1. The molecule has 5 nitrogen and oxygen atoms in total. The Hall–Kier alpha value is -1.59. The average molecular weight is 348 g/mol. The van der Waals surface area contributed by atoms with Crippen LogP contribution in [0, 0.1) is 0 Å². The Labute approximate surface area is 152 Å². The fourth-order valence-electron chi connectivity index (χ4n) is 3.12. The average Bonchev–Trinajstić information content (AvgIpc) is 2.66. The van der Waals surface area contributed by atoms with E-state index in [2.05, 4.69) is 18.9 Å². The Bertz CT molecular complexity index is 510. The van der Waals surface area contributed by atoms with Crippen LogP contribution in [-0.2, 0) is 4.74 Å². The van der Waals surface area contributed by atoms with E-state index in [4.69, 9.17) is 10.5 Å². The minimum atomic E-state index is 0.128. The lowest BCUT2D eigenvalue weighted by molar-refractivity contribution is 0.00845. The Morgan fingerprint density at radius 1 is 1.24 bits per heavy atom. The highest BCUT2D eigenvalue weighted by Gasteiger charge is 2.24. The number of nitrogens with zero attached hydrogens (tertiary/aromatic N) is 2. The maximum absolute atomic E-state index is 12.7. The highest BCUT2D eigenvalue weighted by Crippen LogP contribution is 2.19. The normalized spacial score (nSPS) is 15.4. The zero-order chi connectivity index (χ0) is 18.1. The quantitative estimate of drug-likeness (QED) is 0.698. The van der Waals surface area contributed by atoms with Gasteiger partial charge in [-0.25, -0.2) is 0 Å². The number of likely N-dealkylation sites (tertiary alicyclic amines) is 1. The number of hydrogen-bond acceptors (Lipinski definition) is 4. The van der Waals surface area contributed by atoms with Crippen LogP contribution in [-0.4, -0.2) is 56.7 Å². The first-order valence-electron chi connectivity index (χ1n) is 9.57. The van der Waals surface area contributed by atoms with Crippen LogP contribution in [0.4, 0.5) is 5.69 Å². The molecule has 1 aliphatic rings. The molecule has 0 bridgehead atoms. The smallest absolute Gasteiger partial charge is 0.253 e. The third kappa shape index (κ3) is 6.01. The summed E-state index contributed by atoms with van der Waals surface area (Å²) in [6.45, 7) is 6.17. The van der Waals surface area contributed by atoms with Gasteiger partial charge in [0.2, 0.25) is 0 Å². The molecular formula is C20H33N3O2. The second kappa shape index (κ2) is 10.4. The lowest BCUT2D eigenvalue weighted by Crippen LogP contribution is -2.41. The first kappa shape index (κ1) is 19.7. The molecule has 1 saturated heterocycles. The van der Waals surface area contributed by atoms with Crippen LogP contribution in [0.3, 0.4) is 0 Å². The van der Waals surface area contributed by atoms with Crippen molar-refractivity contribution >= 4 is 11.6 Å². The number of piperidine rings is 1. The van der Waals surface area contributed by atoms with Crippen LogP contribution >= 0.6 is 0 Å². The SMILES string of the molecule is CCCCN(C)c1ccc(C(=O)N2CCC(OCCCN)CC2)cc1. The van der Waals surface area contributed by atoms with Gasteiger partial charge in [0.1, 0.15) is 0 Å². The molecule has 0 unspecified atom stereocenters. The molecule has 2 rings (SSSR count). The second-order valence-corrected chi connectivity index (χ2v) is 6.83. The van der Waals surface area contributed by atoms with E-state index < -0.39 is 0 Å². The lowest BCUT2D eigenvalue weighted by atomic mass is 10.1. The van der Waals surface area contributed by atoms with E-state index in [1.807, 2.05) is 29.2 Å². The minimum absolute atomic E-state index is 0.128. The molecule has 1 heterocycles. The van der Waals surface area contributed by atoms with Crippen LogP contribution in [0.25, 0.3) is 0 Å². The summed E-state index contributed by atoms with van der Waals surface area (Å²) >= 11 is 0. The van der Waals surface area contributed by atoms with E-state index in [0.29, 0.717) is 6.54 Å². The van der Waals surface area contributed by atoms with Crippen molar-refractivity contribution in [2.45, 2.75) is 45.1 Å². The number of nitrogens with two attached hydrogens (primary N) is 1. The Kier molecular flexibility index (Phi) is 8.22. The number of ether oxygens (including phenoxy) is 1. The zero-order valence-corrected chi connectivity index (χ0v) is 15.7. The maximum Gasteiger partial charge on any atom is 0.253 e. The van der Waals surface area contributed by atoms with Crippen LogP contribution in [0.1, 0.15) is 49.4 Å². The fourth-order valence-corrected chi connectivity index (χ4v) is 3.12. The number of rotatable bonds is 9. The summed E-state index contributed by atoms with van der Waals surface area (Å²) in [5, 5.41) is 0. The van der Waals surface area contributed by atoms with Crippen LogP contribution in [0.2, 0.25) is 0 Å². The van der Waals surface area contributed by atoms with Crippen molar-refractivity contribution in [2.75, 3.05) is 44.7 Å². The third-order valence-corrected chi connectivity index (χ3v) is 4.83. The fraction of sp³-hybridized carbons (Fsp3) is 0.650. The predicted molar refractivity (Wildman–Crippen MR) is 103 cm³/mol. The van der Waals surface area contributed by atoms with E-state index in [0.717, 1.165) is 56.8 Å². The van der Waals surface area contributed by atoms with Gasteiger partial charge in [-0.05, 0) is 56.5 Å². The van der Waals surface area contributed by atoms with Gasteiger partial charge < -0.3 is 20.3 Å². The molecule has 0 aromatic heterocycles. The van der Waals surface area contributed by atoms with Crippen molar-refractivity contribution in [3.05, 3.63) is 29.8 Å². The van der Waals surface area contributed by atoms with E-state index in [1.165, 1.54) is 12.8 Å². The lowest BCUT2D eigenvalue weighted by Gasteiger charge is -2.32. The van der Waals surface area contributed by atoms with Gasteiger partial charge in [-0.2, -0.15) is 0 Å². The molecule has 1 aromatic rings. The summed E-state index contributed by atoms with van der Waals surface area (Å²) in [5.74, 6) is 0.128. The summed E-state index contributed by atoms with van der Waals surface area (Å²) in [4.78, 5) is 16.9. The van der Waals surface area contributed by atoms with Crippen LogP contribution < -0.4 is 10.6 Å². The molecule has 25 heavy (non-hydrogen) atoms. The summed E-state index contributed by atoms with van der Waals surface area (Å²) in [7, 11) is 2.10. The van der Waals surface area contributed by atoms with Crippen molar-refractivity contribution in [3.63, 3.8) is 0 Å². The zero-order valence-electron chi connectivity index (χ0n) is 15.7. The highest BCUT2D eigenvalue weighted by atomic mass is 16.5. The van der Waals surface area contributed by atoms with Gasteiger partial charge in [-0.3, -0.25) is 4.79 Å². The molecule has 1 amide bonds. The summed E-state index contributed by atoms with van der Waals surface area (Å²) in [6, 6.07) is 7.99. The van der Waals surface area contributed by atoms with Gasteiger partial charge >= 0.3 is 0 Å². The molecule has 0 spiro atoms. The van der Waals surface area contributed by atoms with E-state index in [9.17, 15) is 4.79 Å². The number of unbranched alkanes of at least 4 members (excludes halogenated alkanes) is 1. The number of anilines is 1. The predicted octanol–water partition coefficient (Wildman–Crippen LogP) is 2.89. The highest BCUT2D eigenvalue weighted by molar-refractivity contribution is 5.94. The molecular weight excluding hydrogens is 314 g/mol. The van der Waals surface area contributed by atoms with Gasteiger partial charge in [0, 0.05) is 44.5 Å². The Balaban J connectivity index is 1.83. The molecule has 0 radical (unpaired) electrons. The third-order valence-electron chi connectivity index (χ3n) is 4.83. The molecule has 140 valence electrons. The van der Waals surface area contributed by atoms with E-state index in [1.54, 1.807) is 0 Å². The summed E-state index contributed by atoms with van der Waals surface area (Å²) in [6.07, 6.45) is 5.36. The van der Waals surface area contributed by atoms with Gasteiger partial charge in [-0.15, -0.1) is 0 Å². The largest absolute Gasteiger partial charge is 0.378 e. The number of amides is 1. The molecule has 1 fully saturated rings. The first-order valence-corrected chi connectivity index (χ1v) is 9.57. The second-order valence-electron chi connectivity index (χ2n) is 6.83. The monoisotopic (exact) mass is 347 g/mol. The van der Waals surface area contributed by atoms with Gasteiger partial charge in [0.05, 0.1) is 6.10 Å². The van der Waals surface area contributed by atoms with Crippen molar-refractivity contribution in [2.24, 2.45) is 5.73 Å². The minimum Gasteiger partial charge on any atom is -0.378 e. The molecule has 0 atom stereocenters. The number of carbonyl (C=O) groups excluding carboxylic acids is 1. The first-order chi connectivity index (χ1) is 12.2. The van der Waals surface area contributed by atoms with Crippen molar-refractivity contribution in [1.29, 1.82) is 0 Å². The van der Waals surface area contributed by atoms with Crippen molar-refractivity contribution in [3.8, 4) is 0 Å². The molecule has 1 aromatic carbocycles. The van der Waals surface area contributed by atoms with Crippen molar-refractivity contribution < 1.29 is 9.53 Å². The van der Waals surface area contributed by atoms with E-state index >= 15 is 0 Å². The standard InChI is InChI=1S/C20H33N3O2/c1-3-4-13-22(2)18-8-6-17(7-9-18)20(24)23-14-10-19(11-15-23)25-16-5-12-21/h6-9,19H,3-5,10-16,21H2,1-2H3. The molecule has 0 aliphatic carbocycles. The molecule has 1 aliphatic heterocycles. The van der Waals surface area contributed by atoms with Crippen LogP contribution in [0.5, 0.6) is 0 Å². The Morgan fingerprint density at radius 3 is 2.52 bits per heavy atom. The molecule has 5 heteroatoms. The maximum atomic E-state index is 12.7. The molecule has 2 N–H and O–H groups in total. The molecule has 0 saturated carbocycles. The van der Waals surface area contributed by atoms with Gasteiger partial charge in [-0.1, -0.05) is 13.3 Å². The summed E-state index contributed by atoms with van der Waals surface area (Å²) in [5.41, 5.74) is 7.42. The topological polar surface area (TPSA) is 58.8 Å². The number of carbonyl (C=O) groups is 1. The summed E-state index contributed by atoms with van der Waals surface area (Å²) < 4.78 is 5.81.